The van der Waals surface area contributed by atoms with E-state index in [1.165, 1.54) is 0 Å². The molecule has 0 unspecified atom stereocenters. The van der Waals surface area contributed by atoms with Crippen LogP contribution < -0.4 is 14.1 Å². The Morgan fingerprint density at radius 1 is 0.400 bits per heavy atom. The predicted molar refractivity (Wildman–Crippen MR) is 231 cm³/mol. The Kier molecular flexibility index (Phi) is 12.5. The van der Waals surface area contributed by atoms with E-state index < -0.39 is 46.6 Å². The van der Waals surface area contributed by atoms with Gasteiger partial charge >= 0.3 is 361 Å². The average molecular weight is 916 g/mol. The second-order valence-electron chi connectivity index (χ2n) is 14.4. The number of carbonyl (C=O) groups excluding carboxylic acids is 2. The van der Waals surface area contributed by atoms with Gasteiger partial charge in [-0.05, 0) is 0 Å². The average Bonchev–Trinajstić information content (AvgIpc) is 3.23. The molecule has 4 heterocycles. The molecule has 298 valence electrons. The topological polar surface area (TPSA) is 141 Å². The Morgan fingerprint density at radius 2 is 0.667 bits per heavy atom. The van der Waals surface area contributed by atoms with E-state index in [4.69, 9.17) is 21.2 Å². The number of rotatable bonds is 15. The molecule has 4 aromatic heterocycles. The Bertz CT molecular complexity index is 2510. The van der Waals surface area contributed by atoms with Crippen LogP contribution in [0.4, 0.5) is 0 Å². The van der Waals surface area contributed by atoms with Gasteiger partial charge in [-0.15, -0.1) is 0 Å². The van der Waals surface area contributed by atoms with Crippen LogP contribution in [-0.4, -0.2) is 66.5 Å². The Balaban J connectivity index is 0.946. The molecule has 4 aromatic carbocycles. The summed E-state index contributed by atoms with van der Waals surface area (Å²) < 4.78 is 37.7. The van der Waals surface area contributed by atoms with Crippen molar-refractivity contribution in [1.82, 2.24) is 19.9 Å². The van der Waals surface area contributed by atoms with Gasteiger partial charge in [-0.2, -0.15) is 0 Å². The first-order valence-electron chi connectivity index (χ1n) is 19.7. The molecule has 0 aliphatic heterocycles. The first-order chi connectivity index (χ1) is 29.1. The number of pyridine rings is 4. The summed E-state index contributed by atoms with van der Waals surface area (Å²) in [6, 6.07) is 38.0. The summed E-state index contributed by atoms with van der Waals surface area (Å²) in [6.07, 6.45) is 0.763. The number of hydrogen-bond donors (Lipinski definition) is 0. The van der Waals surface area contributed by atoms with Crippen LogP contribution in [-0.2, 0) is 16.6 Å². The van der Waals surface area contributed by atoms with E-state index in [0.29, 0.717) is 57.9 Å². The van der Waals surface area contributed by atoms with E-state index >= 15 is 0 Å². The van der Waals surface area contributed by atoms with Crippen molar-refractivity contribution in [3.8, 4) is 23.0 Å². The van der Waals surface area contributed by atoms with E-state index in [-0.39, 0.29) is 12.8 Å². The number of hydrogen-bond acceptors (Lipinski definition) is 12. The van der Waals surface area contributed by atoms with E-state index in [9.17, 15) is 9.59 Å². The fourth-order valence-corrected chi connectivity index (χ4v) is 12.0. The normalized spacial score (nSPS) is 11.1. The summed E-state index contributed by atoms with van der Waals surface area (Å²) in [6.45, 7) is 7.62. The van der Waals surface area contributed by atoms with Gasteiger partial charge in [0.15, 0.2) is 0 Å². The van der Waals surface area contributed by atoms with Gasteiger partial charge in [0.2, 0.25) is 0 Å². The summed E-state index contributed by atoms with van der Waals surface area (Å²) in [5.74, 6) is 0.872. The summed E-state index contributed by atoms with van der Waals surface area (Å²) >= 11 is -7.75. The monoisotopic (exact) mass is 914 g/mol. The van der Waals surface area contributed by atoms with Gasteiger partial charge in [-0.25, -0.2) is 0 Å². The van der Waals surface area contributed by atoms with Crippen LogP contribution >= 0.6 is 0 Å². The molecule has 0 N–H and O–H groups in total. The van der Waals surface area contributed by atoms with Crippen molar-refractivity contribution < 1.29 is 30.8 Å². The van der Waals surface area contributed by atoms with Crippen LogP contribution in [0.5, 0.6) is 23.0 Å². The minimum atomic E-state index is -3.88. The first kappa shape index (κ1) is 40.7. The molecule has 12 nitrogen and oxygen atoms in total. The molecule has 0 aliphatic rings. The molecule has 0 radical (unpaired) electrons. The SMILES string of the molecule is Cc1ccc2cccc([O][Ga]([O]C(=O)CCCCC(=O)[O][Ga]([O]c3cccc4ccc(C)nc34)[O]c3cccc4ccc(C)nc34)[O]c3cccc4ccc(C)nc34)c2n1. The van der Waals surface area contributed by atoms with Crippen molar-refractivity contribution >= 4 is 90.2 Å². The summed E-state index contributed by atoms with van der Waals surface area (Å²) in [4.78, 5) is 45.6. The molecule has 0 amide bonds. The van der Waals surface area contributed by atoms with E-state index in [0.717, 1.165) is 44.3 Å². The van der Waals surface area contributed by atoms with Crippen LogP contribution in [0.15, 0.2) is 121 Å². The molecule has 0 saturated heterocycles. The first-order valence-corrected chi connectivity index (χ1v) is 25.6. The maximum atomic E-state index is 13.4. The van der Waals surface area contributed by atoms with Crippen LogP contribution in [0.1, 0.15) is 48.5 Å². The van der Waals surface area contributed by atoms with Gasteiger partial charge in [0, 0.05) is 0 Å². The van der Waals surface area contributed by atoms with Gasteiger partial charge in [-0.1, -0.05) is 0 Å². The third-order valence-electron chi connectivity index (χ3n) is 9.65. The van der Waals surface area contributed by atoms with Gasteiger partial charge in [-0.3, -0.25) is 0 Å². The van der Waals surface area contributed by atoms with Crippen molar-refractivity contribution in [2.75, 3.05) is 0 Å². The van der Waals surface area contributed by atoms with Crippen molar-refractivity contribution in [1.29, 1.82) is 0 Å². The number of aryl methyl sites for hydroxylation is 4. The van der Waals surface area contributed by atoms with E-state index in [1.54, 1.807) is 24.3 Å². The fraction of sp³-hybridized carbons (Fsp3) is 0.174. The zero-order chi connectivity index (χ0) is 41.6. The number of fused-ring (bicyclic) bond motifs is 4. The van der Waals surface area contributed by atoms with Gasteiger partial charge < -0.3 is 0 Å². The molecule has 0 saturated carbocycles. The predicted octanol–water partition coefficient (Wildman–Crippen LogP) is 9.35. The van der Waals surface area contributed by atoms with Crippen LogP contribution in [0, 0.1) is 27.7 Å². The molecular formula is C46H40Ga2N4O8. The molecule has 14 heteroatoms. The zero-order valence-corrected chi connectivity index (χ0v) is 38.4. The number of unbranched alkanes of at least 4 members (excludes halogenated alkanes) is 1. The van der Waals surface area contributed by atoms with E-state index in [2.05, 4.69) is 19.9 Å². The molecule has 0 atom stereocenters. The second-order valence-corrected chi connectivity index (χ2v) is 19.7. The number of nitrogens with zero attached hydrogens (tertiary/aromatic N) is 4. The number of para-hydroxylation sites is 4. The second kappa shape index (κ2) is 18.5. The number of aromatic nitrogens is 4. The standard InChI is InChI=1S/4C10H9NO.C6H10O4.2Ga/c4*1-7-5-6-8-3-2-4-9(12)10(8)11-7;7-5(8)3-1-2-4-6(9)10;;/h4*2-6,12H,1H3;1-4H2,(H,7,8)(H,9,10);;/q;;;;;2*+3/p-6. The van der Waals surface area contributed by atoms with Crippen LogP contribution in [0.25, 0.3) is 43.6 Å². The third kappa shape index (κ3) is 9.85. The molecular weight excluding hydrogens is 876 g/mol. The van der Waals surface area contributed by atoms with Crippen molar-refractivity contribution in [3.05, 3.63) is 144 Å². The molecule has 8 aromatic rings. The Labute approximate surface area is 359 Å². The van der Waals surface area contributed by atoms with Gasteiger partial charge in [0.25, 0.3) is 0 Å². The zero-order valence-electron chi connectivity index (χ0n) is 33.6. The summed E-state index contributed by atoms with van der Waals surface area (Å²) in [5.41, 5.74) is 5.87. The number of benzene rings is 4. The Morgan fingerprint density at radius 3 is 0.933 bits per heavy atom. The third-order valence-corrected chi connectivity index (χ3v) is 15.3. The number of carbonyl (C=O) groups is 2. The molecule has 0 spiro atoms. The maximum absolute atomic E-state index is 13.4. The van der Waals surface area contributed by atoms with Crippen LogP contribution in [0.2, 0.25) is 0 Å². The van der Waals surface area contributed by atoms with E-state index in [1.807, 2.05) is 125 Å². The Hall–Kier alpha value is -6.07. The molecule has 0 fully saturated rings. The molecule has 0 aliphatic carbocycles. The van der Waals surface area contributed by atoms with Gasteiger partial charge in [0.1, 0.15) is 0 Å². The fourth-order valence-electron chi connectivity index (χ4n) is 6.68. The summed E-state index contributed by atoms with van der Waals surface area (Å²) in [5, 5.41) is 3.54. The quantitative estimate of drug-likeness (QED) is 0.0715. The van der Waals surface area contributed by atoms with Crippen molar-refractivity contribution in [3.63, 3.8) is 0 Å². The molecule has 0 bridgehead atoms. The van der Waals surface area contributed by atoms with Crippen molar-refractivity contribution in [2.45, 2.75) is 53.4 Å². The van der Waals surface area contributed by atoms with Crippen LogP contribution in [0.3, 0.4) is 0 Å². The minimum absolute atomic E-state index is 0.0292. The molecule has 8 rings (SSSR count). The summed E-state index contributed by atoms with van der Waals surface area (Å²) in [7, 11) is 0. The van der Waals surface area contributed by atoms with Gasteiger partial charge in [0.05, 0.1) is 0 Å². The van der Waals surface area contributed by atoms with Crippen molar-refractivity contribution in [2.24, 2.45) is 0 Å². The molecule has 60 heavy (non-hydrogen) atoms.